The zero-order valence-corrected chi connectivity index (χ0v) is 9.76. The van der Waals surface area contributed by atoms with Crippen LogP contribution in [0, 0.1) is 5.92 Å². The van der Waals surface area contributed by atoms with Crippen LogP contribution in [0.25, 0.3) is 0 Å². The average molecular weight is 242 g/mol. The molecule has 72 valence electrons. The highest BCUT2D eigenvalue weighted by atomic mass is 79.9. The molecule has 0 aliphatic rings. The van der Waals surface area contributed by atoms with Gasteiger partial charge in [-0.15, -0.1) is 0 Å². The molecular weight excluding hydrogens is 226 g/mol. The summed E-state index contributed by atoms with van der Waals surface area (Å²) >= 11 is 3.46. The monoisotopic (exact) mass is 241 g/mol. The van der Waals surface area contributed by atoms with Crippen molar-refractivity contribution in [1.29, 1.82) is 0 Å². The SMILES string of the molecule is CC(C)CNCc1cccc(Br)c1. The Morgan fingerprint density at radius 2 is 2.15 bits per heavy atom. The van der Waals surface area contributed by atoms with E-state index in [0.717, 1.165) is 17.6 Å². The van der Waals surface area contributed by atoms with E-state index in [2.05, 4.69) is 53.3 Å². The highest BCUT2D eigenvalue weighted by Gasteiger charge is 1.95. The van der Waals surface area contributed by atoms with Gasteiger partial charge in [0.05, 0.1) is 0 Å². The van der Waals surface area contributed by atoms with Crippen LogP contribution in [-0.2, 0) is 6.54 Å². The molecule has 1 aromatic rings. The Kier molecular flexibility index (Phi) is 4.46. The van der Waals surface area contributed by atoms with Crippen molar-refractivity contribution in [2.75, 3.05) is 6.54 Å². The van der Waals surface area contributed by atoms with Gasteiger partial charge in [-0.1, -0.05) is 41.9 Å². The van der Waals surface area contributed by atoms with Crippen LogP contribution in [-0.4, -0.2) is 6.54 Å². The van der Waals surface area contributed by atoms with Gasteiger partial charge in [0.1, 0.15) is 0 Å². The molecule has 1 N–H and O–H groups in total. The summed E-state index contributed by atoms with van der Waals surface area (Å²) in [6, 6.07) is 8.40. The summed E-state index contributed by atoms with van der Waals surface area (Å²) in [5.41, 5.74) is 1.33. The van der Waals surface area contributed by atoms with Crippen LogP contribution in [0.1, 0.15) is 19.4 Å². The topological polar surface area (TPSA) is 12.0 Å². The van der Waals surface area contributed by atoms with Crippen molar-refractivity contribution >= 4 is 15.9 Å². The molecule has 0 saturated heterocycles. The smallest absolute Gasteiger partial charge is 0.0206 e. The van der Waals surface area contributed by atoms with Gasteiger partial charge in [0.15, 0.2) is 0 Å². The van der Waals surface area contributed by atoms with Gasteiger partial charge in [-0.2, -0.15) is 0 Å². The highest BCUT2D eigenvalue weighted by Crippen LogP contribution is 2.11. The van der Waals surface area contributed by atoms with Crippen LogP contribution in [0.3, 0.4) is 0 Å². The molecule has 0 fully saturated rings. The molecule has 0 saturated carbocycles. The van der Waals surface area contributed by atoms with Gasteiger partial charge in [-0.25, -0.2) is 0 Å². The summed E-state index contributed by atoms with van der Waals surface area (Å²) in [7, 11) is 0. The summed E-state index contributed by atoms with van der Waals surface area (Å²) in [6.45, 7) is 6.46. The maximum atomic E-state index is 3.46. The summed E-state index contributed by atoms with van der Waals surface area (Å²) in [4.78, 5) is 0. The minimum atomic E-state index is 0.715. The Morgan fingerprint density at radius 3 is 2.77 bits per heavy atom. The molecule has 2 heteroatoms. The minimum Gasteiger partial charge on any atom is -0.312 e. The largest absolute Gasteiger partial charge is 0.312 e. The number of hydrogen-bond acceptors (Lipinski definition) is 1. The lowest BCUT2D eigenvalue weighted by molar-refractivity contribution is 0.552. The van der Waals surface area contributed by atoms with Crippen molar-refractivity contribution in [2.24, 2.45) is 5.92 Å². The fourth-order valence-corrected chi connectivity index (χ4v) is 1.60. The molecule has 0 unspecified atom stereocenters. The Balaban J connectivity index is 2.37. The van der Waals surface area contributed by atoms with Gasteiger partial charge in [0.2, 0.25) is 0 Å². The van der Waals surface area contributed by atoms with E-state index in [-0.39, 0.29) is 0 Å². The molecule has 13 heavy (non-hydrogen) atoms. The predicted molar refractivity (Wildman–Crippen MR) is 60.7 cm³/mol. The molecule has 0 spiro atoms. The van der Waals surface area contributed by atoms with Gasteiger partial charge in [0.25, 0.3) is 0 Å². The minimum absolute atomic E-state index is 0.715. The molecule has 0 bridgehead atoms. The highest BCUT2D eigenvalue weighted by molar-refractivity contribution is 9.10. The molecule has 0 heterocycles. The van der Waals surface area contributed by atoms with Crippen molar-refractivity contribution in [2.45, 2.75) is 20.4 Å². The lowest BCUT2D eigenvalue weighted by Crippen LogP contribution is -2.18. The first-order chi connectivity index (χ1) is 6.18. The Bertz CT molecular complexity index is 258. The molecule has 1 nitrogen and oxygen atoms in total. The summed E-state index contributed by atoms with van der Waals surface area (Å²) in [6.07, 6.45) is 0. The van der Waals surface area contributed by atoms with Crippen molar-refractivity contribution < 1.29 is 0 Å². The van der Waals surface area contributed by atoms with Gasteiger partial charge in [0, 0.05) is 11.0 Å². The first-order valence-corrected chi connectivity index (χ1v) is 5.43. The maximum absolute atomic E-state index is 3.46. The standard InChI is InChI=1S/C11H16BrN/c1-9(2)7-13-8-10-4-3-5-11(12)6-10/h3-6,9,13H,7-8H2,1-2H3. The fourth-order valence-electron chi connectivity index (χ4n) is 1.15. The van der Waals surface area contributed by atoms with E-state index in [1.165, 1.54) is 5.56 Å². The van der Waals surface area contributed by atoms with Crippen LogP contribution < -0.4 is 5.32 Å². The Hall–Kier alpha value is -0.340. The average Bonchev–Trinajstić information content (AvgIpc) is 2.03. The first kappa shape index (κ1) is 10.7. The number of rotatable bonds is 4. The van der Waals surface area contributed by atoms with E-state index < -0.39 is 0 Å². The molecule has 0 aromatic heterocycles. The third-order valence-corrected chi connectivity index (χ3v) is 2.26. The van der Waals surface area contributed by atoms with Crippen LogP contribution in [0.2, 0.25) is 0 Å². The van der Waals surface area contributed by atoms with E-state index in [1.54, 1.807) is 0 Å². The molecular formula is C11H16BrN. The number of hydrogen-bond donors (Lipinski definition) is 1. The van der Waals surface area contributed by atoms with Crippen LogP contribution in [0.4, 0.5) is 0 Å². The normalized spacial score (nSPS) is 10.8. The van der Waals surface area contributed by atoms with Crippen molar-refractivity contribution in [3.8, 4) is 0 Å². The lowest BCUT2D eigenvalue weighted by Gasteiger charge is -2.07. The molecule has 1 rings (SSSR count). The maximum Gasteiger partial charge on any atom is 0.0206 e. The van der Waals surface area contributed by atoms with Crippen molar-refractivity contribution in [1.82, 2.24) is 5.32 Å². The summed E-state index contributed by atoms with van der Waals surface area (Å²) in [5, 5.41) is 3.41. The molecule has 0 amide bonds. The molecule has 0 aliphatic carbocycles. The second-order valence-electron chi connectivity index (χ2n) is 3.65. The van der Waals surface area contributed by atoms with E-state index >= 15 is 0 Å². The van der Waals surface area contributed by atoms with E-state index in [4.69, 9.17) is 0 Å². The predicted octanol–water partition coefficient (Wildman–Crippen LogP) is 3.19. The summed E-state index contributed by atoms with van der Waals surface area (Å²) in [5.74, 6) is 0.715. The van der Waals surface area contributed by atoms with Crippen LogP contribution in [0.5, 0.6) is 0 Å². The van der Waals surface area contributed by atoms with E-state index in [9.17, 15) is 0 Å². The van der Waals surface area contributed by atoms with Gasteiger partial charge in [-0.3, -0.25) is 0 Å². The molecule has 0 radical (unpaired) electrons. The zero-order chi connectivity index (χ0) is 9.68. The fraction of sp³-hybridized carbons (Fsp3) is 0.455. The van der Waals surface area contributed by atoms with Gasteiger partial charge >= 0.3 is 0 Å². The van der Waals surface area contributed by atoms with Crippen molar-refractivity contribution in [3.05, 3.63) is 34.3 Å². The number of benzene rings is 1. The van der Waals surface area contributed by atoms with E-state index in [0.29, 0.717) is 5.92 Å². The number of nitrogens with one attached hydrogen (secondary N) is 1. The second-order valence-corrected chi connectivity index (χ2v) is 4.57. The quantitative estimate of drug-likeness (QED) is 0.854. The molecule has 1 aromatic carbocycles. The Labute approximate surface area is 88.7 Å². The molecule has 0 aliphatic heterocycles. The Morgan fingerprint density at radius 1 is 1.38 bits per heavy atom. The van der Waals surface area contributed by atoms with E-state index in [1.807, 2.05) is 6.07 Å². The first-order valence-electron chi connectivity index (χ1n) is 4.63. The zero-order valence-electron chi connectivity index (χ0n) is 8.18. The van der Waals surface area contributed by atoms with Crippen LogP contribution in [0.15, 0.2) is 28.7 Å². The van der Waals surface area contributed by atoms with Crippen LogP contribution >= 0.6 is 15.9 Å². The van der Waals surface area contributed by atoms with Gasteiger partial charge in [-0.05, 0) is 30.2 Å². The number of halogens is 1. The lowest BCUT2D eigenvalue weighted by atomic mass is 10.2. The molecule has 0 atom stereocenters. The third kappa shape index (κ3) is 4.44. The third-order valence-electron chi connectivity index (χ3n) is 1.77. The van der Waals surface area contributed by atoms with Gasteiger partial charge < -0.3 is 5.32 Å². The van der Waals surface area contributed by atoms with Crippen molar-refractivity contribution in [3.63, 3.8) is 0 Å². The second kappa shape index (κ2) is 5.40. The summed E-state index contributed by atoms with van der Waals surface area (Å²) < 4.78 is 1.15.